The number of aliphatic imine (C=N–C) groups is 1. The third-order valence-electron chi connectivity index (χ3n) is 4.87. The fraction of sp³-hybridized carbons (Fsp3) is 0.350. The number of nitrogens with one attached hydrogen (secondary N) is 2. The standard InChI is InChI=1S/C20H25N5S/c1-21-20(25-12-10-24(11-13-25)19-7-4-14-26-19)22-9-8-17-15-16-5-2-3-6-18(16)23-17/h2-7,14-15,23H,8-13H2,1H3,(H,21,22). The molecule has 0 spiro atoms. The lowest BCUT2D eigenvalue weighted by Gasteiger charge is -2.37. The third kappa shape index (κ3) is 3.70. The predicted molar refractivity (Wildman–Crippen MR) is 111 cm³/mol. The number of rotatable bonds is 4. The Labute approximate surface area is 158 Å². The summed E-state index contributed by atoms with van der Waals surface area (Å²) in [6, 6.07) is 15.0. The number of fused-ring (bicyclic) bond motifs is 1. The van der Waals surface area contributed by atoms with Gasteiger partial charge in [0.25, 0.3) is 0 Å². The monoisotopic (exact) mass is 367 g/mol. The van der Waals surface area contributed by atoms with Gasteiger partial charge in [0.1, 0.15) is 0 Å². The van der Waals surface area contributed by atoms with Crippen LogP contribution in [0.25, 0.3) is 10.9 Å². The van der Waals surface area contributed by atoms with Crippen LogP contribution >= 0.6 is 11.3 Å². The van der Waals surface area contributed by atoms with Crippen molar-refractivity contribution >= 4 is 33.2 Å². The molecule has 2 aromatic heterocycles. The molecule has 4 rings (SSSR count). The van der Waals surface area contributed by atoms with Crippen molar-refractivity contribution in [3.63, 3.8) is 0 Å². The molecule has 0 saturated carbocycles. The maximum absolute atomic E-state index is 4.48. The number of guanidine groups is 1. The quantitative estimate of drug-likeness (QED) is 0.550. The maximum Gasteiger partial charge on any atom is 0.193 e. The summed E-state index contributed by atoms with van der Waals surface area (Å²) in [6.45, 7) is 4.98. The van der Waals surface area contributed by atoms with E-state index in [9.17, 15) is 0 Å². The number of nitrogens with zero attached hydrogens (tertiary/aromatic N) is 3. The molecule has 1 aromatic carbocycles. The van der Waals surface area contributed by atoms with E-state index in [1.807, 2.05) is 18.4 Å². The second kappa shape index (κ2) is 7.83. The summed E-state index contributed by atoms with van der Waals surface area (Å²) in [5.41, 5.74) is 2.47. The zero-order chi connectivity index (χ0) is 17.8. The van der Waals surface area contributed by atoms with Crippen LogP contribution in [0.5, 0.6) is 0 Å². The largest absolute Gasteiger partial charge is 0.360 e. The van der Waals surface area contributed by atoms with Crippen LogP contribution in [0.4, 0.5) is 5.00 Å². The number of thiophene rings is 1. The van der Waals surface area contributed by atoms with Gasteiger partial charge in [-0.25, -0.2) is 0 Å². The molecule has 3 heterocycles. The Kier molecular flexibility index (Phi) is 5.11. The lowest BCUT2D eigenvalue weighted by molar-refractivity contribution is 0.373. The molecule has 1 fully saturated rings. The van der Waals surface area contributed by atoms with Crippen LogP contribution in [0.2, 0.25) is 0 Å². The summed E-state index contributed by atoms with van der Waals surface area (Å²) in [7, 11) is 1.87. The van der Waals surface area contributed by atoms with Gasteiger partial charge in [0, 0.05) is 57.4 Å². The lowest BCUT2D eigenvalue weighted by atomic mass is 10.2. The van der Waals surface area contributed by atoms with Crippen molar-refractivity contribution in [1.29, 1.82) is 0 Å². The van der Waals surface area contributed by atoms with Crippen LogP contribution in [-0.4, -0.2) is 55.6 Å². The van der Waals surface area contributed by atoms with Gasteiger partial charge in [0.05, 0.1) is 5.00 Å². The Bertz CT molecular complexity index is 826. The molecule has 0 atom stereocenters. The second-order valence-corrected chi connectivity index (χ2v) is 7.46. The Hall–Kier alpha value is -2.47. The fourth-order valence-electron chi connectivity index (χ4n) is 3.50. The number of H-pyrrole nitrogens is 1. The van der Waals surface area contributed by atoms with Gasteiger partial charge in [0.15, 0.2) is 5.96 Å². The Balaban J connectivity index is 1.28. The van der Waals surface area contributed by atoms with Gasteiger partial charge in [-0.2, -0.15) is 0 Å². The highest BCUT2D eigenvalue weighted by Gasteiger charge is 2.20. The van der Waals surface area contributed by atoms with E-state index in [4.69, 9.17) is 0 Å². The molecule has 26 heavy (non-hydrogen) atoms. The molecule has 5 nitrogen and oxygen atoms in total. The highest BCUT2D eigenvalue weighted by molar-refractivity contribution is 7.14. The van der Waals surface area contributed by atoms with E-state index in [-0.39, 0.29) is 0 Å². The molecule has 0 aliphatic carbocycles. The molecule has 2 N–H and O–H groups in total. The molecule has 1 aliphatic heterocycles. The predicted octanol–water partition coefficient (Wildman–Crippen LogP) is 3.17. The number of aromatic amines is 1. The average Bonchev–Trinajstić information content (AvgIpc) is 3.35. The molecule has 0 unspecified atom stereocenters. The van der Waals surface area contributed by atoms with Crippen molar-refractivity contribution in [2.75, 3.05) is 44.7 Å². The highest BCUT2D eigenvalue weighted by Crippen LogP contribution is 2.22. The van der Waals surface area contributed by atoms with Crippen molar-refractivity contribution in [1.82, 2.24) is 15.2 Å². The van der Waals surface area contributed by atoms with Crippen molar-refractivity contribution in [2.24, 2.45) is 4.99 Å². The van der Waals surface area contributed by atoms with Gasteiger partial charge in [-0.05, 0) is 35.0 Å². The van der Waals surface area contributed by atoms with Gasteiger partial charge < -0.3 is 20.1 Å². The van der Waals surface area contributed by atoms with E-state index in [1.54, 1.807) is 0 Å². The topological polar surface area (TPSA) is 46.7 Å². The summed E-state index contributed by atoms with van der Waals surface area (Å²) < 4.78 is 0. The SMILES string of the molecule is CN=C(NCCc1cc2ccccc2[nH]1)N1CCN(c2cccs2)CC1. The van der Waals surface area contributed by atoms with Gasteiger partial charge >= 0.3 is 0 Å². The molecule has 0 bridgehead atoms. The highest BCUT2D eigenvalue weighted by atomic mass is 32.1. The number of hydrogen-bond donors (Lipinski definition) is 2. The second-order valence-electron chi connectivity index (χ2n) is 6.53. The zero-order valence-electron chi connectivity index (χ0n) is 15.1. The van der Waals surface area contributed by atoms with Crippen molar-refractivity contribution in [3.05, 3.63) is 53.5 Å². The third-order valence-corrected chi connectivity index (χ3v) is 5.80. The summed E-state index contributed by atoms with van der Waals surface area (Å²) in [4.78, 5) is 12.8. The van der Waals surface area contributed by atoms with E-state index < -0.39 is 0 Å². The lowest BCUT2D eigenvalue weighted by Crippen LogP contribution is -2.52. The smallest absolute Gasteiger partial charge is 0.193 e. The van der Waals surface area contributed by atoms with E-state index in [1.165, 1.54) is 21.6 Å². The maximum atomic E-state index is 4.48. The molecular formula is C20H25N5S. The minimum absolute atomic E-state index is 0.880. The first-order valence-electron chi connectivity index (χ1n) is 9.14. The molecule has 1 aliphatic rings. The Morgan fingerprint density at radius 1 is 1.15 bits per heavy atom. The fourth-order valence-corrected chi connectivity index (χ4v) is 4.28. The van der Waals surface area contributed by atoms with Crippen LogP contribution in [0.3, 0.4) is 0 Å². The van der Waals surface area contributed by atoms with Gasteiger partial charge in [0.2, 0.25) is 0 Å². The molecule has 0 radical (unpaired) electrons. The summed E-state index contributed by atoms with van der Waals surface area (Å²) in [5.74, 6) is 1.01. The summed E-state index contributed by atoms with van der Waals surface area (Å²) in [6.07, 6.45) is 0.961. The normalized spacial score (nSPS) is 15.7. The van der Waals surface area contributed by atoms with E-state index >= 15 is 0 Å². The number of benzene rings is 1. The van der Waals surface area contributed by atoms with Crippen molar-refractivity contribution in [2.45, 2.75) is 6.42 Å². The number of aromatic nitrogens is 1. The van der Waals surface area contributed by atoms with Crippen LogP contribution in [0.1, 0.15) is 5.69 Å². The number of anilines is 1. The Morgan fingerprint density at radius 3 is 2.73 bits per heavy atom. The molecule has 136 valence electrons. The van der Waals surface area contributed by atoms with Crippen LogP contribution in [0.15, 0.2) is 52.8 Å². The summed E-state index contributed by atoms with van der Waals surface area (Å²) in [5, 5.41) is 8.31. The van der Waals surface area contributed by atoms with Gasteiger partial charge in [-0.15, -0.1) is 11.3 Å². The minimum atomic E-state index is 0.880. The first-order chi connectivity index (χ1) is 12.8. The Morgan fingerprint density at radius 2 is 2.00 bits per heavy atom. The number of para-hydroxylation sites is 1. The van der Waals surface area contributed by atoms with Crippen molar-refractivity contribution < 1.29 is 0 Å². The van der Waals surface area contributed by atoms with Crippen LogP contribution in [0, 0.1) is 0 Å². The van der Waals surface area contributed by atoms with Gasteiger partial charge in [-0.1, -0.05) is 18.2 Å². The summed E-state index contributed by atoms with van der Waals surface area (Å²) >= 11 is 1.82. The average molecular weight is 368 g/mol. The number of hydrogen-bond acceptors (Lipinski definition) is 3. The van der Waals surface area contributed by atoms with Crippen LogP contribution < -0.4 is 10.2 Å². The molecule has 6 heteroatoms. The molecular weight excluding hydrogens is 342 g/mol. The molecule has 3 aromatic rings. The zero-order valence-corrected chi connectivity index (χ0v) is 15.9. The minimum Gasteiger partial charge on any atom is -0.360 e. The first-order valence-corrected chi connectivity index (χ1v) is 10.0. The van der Waals surface area contributed by atoms with E-state index in [2.05, 4.69) is 72.9 Å². The van der Waals surface area contributed by atoms with E-state index in [0.717, 1.165) is 45.1 Å². The first kappa shape index (κ1) is 17.0. The molecule has 0 amide bonds. The van der Waals surface area contributed by atoms with Gasteiger partial charge in [-0.3, -0.25) is 4.99 Å². The van der Waals surface area contributed by atoms with Crippen LogP contribution in [-0.2, 0) is 6.42 Å². The van der Waals surface area contributed by atoms with E-state index in [0.29, 0.717) is 0 Å². The van der Waals surface area contributed by atoms with Crippen molar-refractivity contribution in [3.8, 4) is 0 Å². The number of piperazine rings is 1. The molecule has 1 saturated heterocycles.